The number of hydrogen-bond donors (Lipinski definition) is 1. The Morgan fingerprint density at radius 2 is 2.11 bits per heavy atom. The van der Waals surface area contributed by atoms with Crippen molar-refractivity contribution < 1.29 is 0 Å². The van der Waals surface area contributed by atoms with Gasteiger partial charge >= 0.3 is 0 Å². The van der Waals surface area contributed by atoms with Crippen LogP contribution in [-0.2, 0) is 12.8 Å². The van der Waals surface area contributed by atoms with Gasteiger partial charge in [-0.05, 0) is 38.0 Å². The molecule has 2 rings (SSSR count). The van der Waals surface area contributed by atoms with E-state index >= 15 is 0 Å². The minimum atomic E-state index is 0.180. The van der Waals surface area contributed by atoms with E-state index in [0.717, 1.165) is 18.5 Å². The number of hydrogen-bond acceptors (Lipinski definition) is 3. The van der Waals surface area contributed by atoms with Crippen LogP contribution in [0.4, 0.5) is 0 Å². The van der Waals surface area contributed by atoms with Crippen LogP contribution in [0.3, 0.4) is 0 Å². The van der Waals surface area contributed by atoms with E-state index in [-0.39, 0.29) is 6.04 Å². The van der Waals surface area contributed by atoms with Crippen LogP contribution in [0.25, 0.3) is 0 Å². The topological polar surface area (TPSA) is 43.8 Å². The second-order valence-electron chi connectivity index (χ2n) is 4.48. The van der Waals surface area contributed by atoms with Crippen LogP contribution in [0.5, 0.6) is 0 Å². The Kier molecular flexibility index (Phi) is 4.19. The highest BCUT2D eigenvalue weighted by Crippen LogP contribution is 2.26. The summed E-state index contributed by atoms with van der Waals surface area (Å²) in [5.41, 5.74) is 8.39. The predicted octanol–water partition coefficient (Wildman–Crippen LogP) is 2.93. The minimum absolute atomic E-state index is 0.180. The second kappa shape index (κ2) is 5.67. The summed E-state index contributed by atoms with van der Waals surface area (Å²) in [5.74, 6) is 0. The first kappa shape index (κ1) is 13.3. The Hall–Kier alpha value is -1.13. The maximum atomic E-state index is 5.97. The summed E-state index contributed by atoms with van der Waals surface area (Å²) in [6.07, 6.45) is 1.97. The monoisotopic (exact) mass is 263 g/mol. The number of nitrogens with two attached hydrogens (primary N) is 1. The third kappa shape index (κ3) is 2.49. The van der Waals surface area contributed by atoms with Crippen LogP contribution < -0.4 is 5.73 Å². The van der Waals surface area contributed by atoms with Crippen LogP contribution in [-0.4, -0.2) is 16.3 Å². The van der Waals surface area contributed by atoms with Crippen molar-refractivity contribution in [1.82, 2.24) is 9.78 Å². The van der Waals surface area contributed by atoms with Crippen molar-refractivity contribution in [2.24, 2.45) is 5.73 Å². The molecule has 0 aliphatic heterocycles. The van der Waals surface area contributed by atoms with Gasteiger partial charge in [0.25, 0.3) is 0 Å². The molecule has 0 saturated carbocycles. The molecule has 0 radical (unpaired) electrons. The molecule has 0 aromatic carbocycles. The van der Waals surface area contributed by atoms with Crippen LogP contribution in [0.1, 0.15) is 41.0 Å². The van der Waals surface area contributed by atoms with Gasteiger partial charge in [0, 0.05) is 22.0 Å². The second-order valence-corrected chi connectivity index (χ2v) is 5.80. The highest BCUT2D eigenvalue weighted by Gasteiger charge is 2.18. The van der Waals surface area contributed by atoms with E-state index in [1.807, 2.05) is 11.3 Å². The Balaban J connectivity index is 2.40. The maximum absolute atomic E-state index is 5.97. The van der Waals surface area contributed by atoms with E-state index in [1.54, 1.807) is 0 Å². The zero-order valence-electron chi connectivity index (χ0n) is 11.3. The Morgan fingerprint density at radius 3 is 2.61 bits per heavy atom. The average Bonchev–Trinajstić information content (AvgIpc) is 2.97. The lowest BCUT2D eigenvalue weighted by Crippen LogP contribution is -2.22. The predicted molar refractivity (Wildman–Crippen MR) is 77.2 cm³/mol. The number of aromatic nitrogens is 2. The van der Waals surface area contributed by atoms with E-state index in [4.69, 9.17) is 10.8 Å². The van der Waals surface area contributed by atoms with Crippen molar-refractivity contribution in [3.63, 3.8) is 0 Å². The molecule has 2 heterocycles. The van der Waals surface area contributed by atoms with Crippen LogP contribution >= 0.6 is 11.3 Å². The Morgan fingerprint density at radius 1 is 1.33 bits per heavy atom. The lowest BCUT2D eigenvalue weighted by molar-refractivity contribution is 0.515. The molecular formula is C14H21N3S. The highest BCUT2D eigenvalue weighted by atomic mass is 32.1. The summed E-state index contributed by atoms with van der Waals surface area (Å²) >= 11 is 1.81. The molecule has 4 heteroatoms. The summed E-state index contributed by atoms with van der Waals surface area (Å²) in [5, 5.41) is 4.70. The van der Waals surface area contributed by atoms with Crippen molar-refractivity contribution in [2.75, 3.05) is 6.54 Å². The molecule has 0 spiro atoms. The highest BCUT2D eigenvalue weighted by molar-refractivity contribution is 7.12. The summed E-state index contributed by atoms with van der Waals surface area (Å²) < 4.78 is 2.12. The van der Waals surface area contributed by atoms with Crippen LogP contribution in [0.2, 0.25) is 0 Å². The van der Waals surface area contributed by atoms with Crippen molar-refractivity contribution in [3.8, 4) is 0 Å². The minimum Gasteiger partial charge on any atom is -0.328 e. The summed E-state index contributed by atoms with van der Waals surface area (Å²) in [6, 6.07) is 6.70. The first-order valence-corrected chi connectivity index (χ1v) is 7.34. The standard InChI is InChI=1S/C14H21N3S/c1-4-11-8-12(5-2)17(16-11)13(9-15)14-7-6-10(3)18-14/h6-8,13H,4-5,9,15H2,1-3H3. The molecule has 1 unspecified atom stereocenters. The maximum Gasteiger partial charge on any atom is 0.0985 e. The van der Waals surface area contributed by atoms with Gasteiger partial charge in [-0.15, -0.1) is 11.3 Å². The zero-order valence-corrected chi connectivity index (χ0v) is 12.1. The van der Waals surface area contributed by atoms with E-state index in [2.05, 4.69) is 43.7 Å². The molecule has 98 valence electrons. The molecule has 0 aliphatic rings. The van der Waals surface area contributed by atoms with Crippen molar-refractivity contribution in [3.05, 3.63) is 39.3 Å². The van der Waals surface area contributed by atoms with E-state index in [9.17, 15) is 0 Å². The molecule has 2 N–H and O–H groups in total. The lowest BCUT2D eigenvalue weighted by Gasteiger charge is -2.16. The molecule has 3 nitrogen and oxygen atoms in total. The molecule has 2 aromatic rings. The van der Waals surface area contributed by atoms with Crippen molar-refractivity contribution >= 4 is 11.3 Å². The number of aryl methyl sites for hydroxylation is 3. The van der Waals surface area contributed by atoms with Crippen molar-refractivity contribution in [1.29, 1.82) is 0 Å². The summed E-state index contributed by atoms with van der Waals surface area (Å²) in [6.45, 7) is 7.03. The van der Waals surface area contributed by atoms with Gasteiger partial charge in [-0.25, -0.2) is 0 Å². The van der Waals surface area contributed by atoms with Crippen LogP contribution in [0, 0.1) is 6.92 Å². The number of thiophene rings is 1. The first-order valence-electron chi connectivity index (χ1n) is 6.53. The molecule has 0 bridgehead atoms. The SMILES string of the molecule is CCc1cc(CC)n(C(CN)c2ccc(C)s2)n1. The molecule has 0 fully saturated rings. The zero-order chi connectivity index (χ0) is 13.1. The first-order chi connectivity index (χ1) is 8.69. The van der Waals surface area contributed by atoms with Gasteiger partial charge in [0.05, 0.1) is 11.7 Å². The molecule has 18 heavy (non-hydrogen) atoms. The average molecular weight is 263 g/mol. The van der Waals surface area contributed by atoms with Gasteiger partial charge in [-0.3, -0.25) is 4.68 Å². The molecular weight excluding hydrogens is 242 g/mol. The van der Waals surface area contributed by atoms with Gasteiger partial charge < -0.3 is 5.73 Å². The molecule has 2 aromatic heterocycles. The van der Waals surface area contributed by atoms with Crippen molar-refractivity contribution in [2.45, 2.75) is 39.7 Å². The van der Waals surface area contributed by atoms with Gasteiger partial charge in [-0.2, -0.15) is 5.10 Å². The third-order valence-corrected chi connectivity index (χ3v) is 4.30. The van der Waals surface area contributed by atoms with E-state index in [1.165, 1.54) is 15.4 Å². The fraction of sp³-hybridized carbons (Fsp3) is 0.500. The van der Waals surface area contributed by atoms with Gasteiger partial charge in [0.1, 0.15) is 0 Å². The molecule has 0 saturated heterocycles. The van der Waals surface area contributed by atoms with Gasteiger partial charge in [0.2, 0.25) is 0 Å². The quantitative estimate of drug-likeness (QED) is 0.901. The van der Waals surface area contributed by atoms with Gasteiger partial charge in [0.15, 0.2) is 0 Å². The fourth-order valence-corrected chi connectivity index (χ4v) is 3.14. The normalized spacial score (nSPS) is 12.9. The van der Waals surface area contributed by atoms with E-state index in [0.29, 0.717) is 6.54 Å². The van der Waals surface area contributed by atoms with Crippen LogP contribution in [0.15, 0.2) is 18.2 Å². The molecule has 0 amide bonds. The summed E-state index contributed by atoms with van der Waals surface area (Å²) in [7, 11) is 0. The Bertz CT molecular complexity index is 513. The molecule has 0 aliphatic carbocycles. The van der Waals surface area contributed by atoms with E-state index < -0.39 is 0 Å². The fourth-order valence-electron chi connectivity index (χ4n) is 2.17. The summed E-state index contributed by atoms with van der Waals surface area (Å²) in [4.78, 5) is 2.62. The largest absolute Gasteiger partial charge is 0.328 e. The number of nitrogens with zero attached hydrogens (tertiary/aromatic N) is 2. The smallest absolute Gasteiger partial charge is 0.0985 e. The third-order valence-electron chi connectivity index (χ3n) is 3.20. The molecule has 1 atom stereocenters. The van der Waals surface area contributed by atoms with Gasteiger partial charge in [-0.1, -0.05) is 13.8 Å². The lowest BCUT2D eigenvalue weighted by atomic mass is 10.2. The Labute approximate surface area is 113 Å². The number of rotatable bonds is 5.